The van der Waals surface area contributed by atoms with Crippen molar-refractivity contribution in [3.63, 3.8) is 0 Å². The number of nitrogens with zero attached hydrogens (tertiary/aromatic N) is 4. The number of pyridine rings is 3. The molecule has 1 saturated heterocycles. The van der Waals surface area contributed by atoms with Gasteiger partial charge >= 0.3 is 12.1 Å². The van der Waals surface area contributed by atoms with Crippen molar-refractivity contribution in [1.29, 1.82) is 0 Å². The molecule has 1 atom stereocenters. The number of carbonyl (C=O) groups is 1. The van der Waals surface area contributed by atoms with Gasteiger partial charge in [0.15, 0.2) is 0 Å². The van der Waals surface area contributed by atoms with Crippen LogP contribution in [0.25, 0.3) is 21.5 Å². The van der Waals surface area contributed by atoms with E-state index < -0.39 is 29.5 Å². The zero-order valence-corrected chi connectivity index (χ0v) is 21.3. The summed E-state index contributed by atoms with van der Waals surface area (Å²) in [5, 5.41) is 22.9. The number of hydrogen-bond acceptors (Lipinski definition) is 9. The lowest BCUT2D eigenvalue weighted by molar-refractivity contribution is -0.136. The van der Waals surface area contributed by atoms with E-state index in [2.05, 4.69) is 20.3 Å². The van der Waals surface area contributed by atoms with E-state index in [0.29, 0.717) is 49.4 Å². The van der Waals surface area contributed by atoms with Crippen molar-refractivity contribution in [2.45, 2.75) is 31.2 Å². The molecule has 0 aliphatic carbocycles. The number of carboxylic acids is 1. The molecule has 9 nitrogen and oxygen atoms in total. The third-order valence-corrected chi connectivity index (χ3v) is 7.82. The molecule has 1 aliphatic rings. The number of anilines is 2. The minimum absolute atomic E-state index is 0.0544. The number of carboxylic acid groups (broad SMARTS) is 1. The number of nitrogen functional groups attached to an aromatic ring is 1. The number of piperidine rings is 1. The fourth-order valence-corrected chi connectivity index (χ4v) is 5.60. The van der Waals surface area contributed by atoms with Gasteiger partial charge in [-0.1, -0.05) is 6.07 Å². The predicted molar refractivity (Wildman–Crippen MR) is 142 cm³/mol. The summed E-state index contributed by atoms with van der Waals surface area (Å²) in [6.45, 7) is 1.18. The van der Waals surface area contributed by atoms with Crippen molar-refractivity contribution in [3.05, 3.63) is 64.9 Å². The van der Waals surface area contributed by atoms with Gasteiger partial charge in [-0.3, -0.25) is 9.97 Å². The minimum Gasteiger partial charge on any atom is -0.477 e. The fraction of sp³-hybridized carbons (Fsp3) is 0.308. The Morgan fingerprint density at radius 2 is 2.00 bits per heavy atom. The molecule has 0 saturated carbocycles. The summed E-state index contributed by atoms with van der Waals surface area (Å²) >= 11 is 0.639. The van der Waals surface area contributed by atoms with Gasteiger partial charge in [0.25, 0.3) is 0 Å². The highest BCUT2D eigenvalue weighted by molar-refractivity contribution is 7.21. The highest BCUT2D eigenvalue weighted by Gasteiger charge is 2.37. The Morgan fingerprint density at radius 3 is 2.62 bits per heavy atom. The summed E-state index contributed by atoms with van der Waals surface area (Å²) < 4.78 is 41.6. The second-order valence-corrected chi connectivity index (χ2v) is 10.3. The van der Waals surface area contributed by atoms with E-state index in [0.717, 1.165) is 17.3 Å². The Bertz CT molecular complexity index is 1470. The highest BCUT2D eigenvalue weighted by Crippen LogP contribution is 2.43. The Labute approximate surface area is 225 Å². The SMILES string of the molecule is Nc1c(C(=O)O)sc2nc(N3CCC(NCC(O)c4ccc(-c5cccnc5)nc4)CC3)cc(C(F)(F)F)c12. The van der Waals surface area contributed by atoms with Gasteiger partial charge in [-0.05, 0) is 37.1 Å². The number of alkyl halides is 3. The monoisotopic (exact) mass is 558 g/mol. The first kappa shape index (κ1) is 26.8. The van der Waals surface area contributed by atoms with E-state index in [-0.39, 0.29) is 27.0 Å². The van der Waals surface area contributed by atoms with Crippen LogP contribution in [0.3, 0.4) is 0 Å². The molecule has 13 heteroatoms. The van der Waals surface area contributed by atoms with E-state index in [1.54, 1.807) is 23.5 Å². The number of nitrogens with two attached hydrogens (primary N) is 1. The van der Waals surface area contributed by atoms with Crippen LogP contribution in [0.4, 0.5) is 24.7 Å². The summed E-state index contributed by atoms with van der Waals surface area (Å²) in [5.41, 5.74) is 6.65. The zero-order valence-electron chi connectivity index (χ0n) is 20.5. The minimum atomic E-state index is -4.72. The van der Waals surface area contributed by atoms with Crippen LogP contribution in [-0.2, 0) is 6.18 Å². The van der Waals surface area contributed by atoms with E-state index in [4.69, 9.17) is 5.73 Å². The van der Waals surface area contributed by atoms with Crippen molar-refractivity contribution in [3.8, 4) is 11.3 Å². The molecule has 0 spiro atoms. The molecule has 0 amide bonds. The Hall–Kier alpha value is -3.81. The van der Waals surface area contributed by atoms with Crippen LogP contribution in [0.5, 0.6) is 0 Å². The average Bonchev–Trinajstić information content (AvgIpc) is 3.28. The molecule has 204 valence electrons. The Morgan fingerprint density at radius 1 is 1.23 bits per heavy atom. The van der Waals surface area contributed by atoms with E-state index in [9.17, 15) is 28.2 Å². The topological polar surface area (TPSA) is 137 Å². The molecule has 5 N–H and O–H groups in total. The maximum Gasteiger partial charge on any atom is 0.417 e. The summed E-state index contributed by atoms with van der Waals surface area (Å²) in [6.07, 6.45) is 0.783. The highest BCUT2D eigenvalue weighted by atomic mass is 32.1. The lowest BCUT2D eigenvalue weighted by Crippen LogP contribution is -2.44. The van der Waals surface area contributed by atoms with Crippen molar-refractivity contribution >= 4 is 39.0 Å². The van der Waals surface area contributed by atoms with E-state index >= 15 is 0 Å². The third kappa shape index (κ3) is 5.65. The van der Waals surface area contributed by atoms with Gasteiger partial charge in [0, 0.05) is 60.8 Å². The van der Waals surface area contributed by atoms with Crippen LogP contribution < -0.4 is 16.0 Å². The summed E-state index contributed by atoms with van der Waals surface area (Å²) in [4.78, 5) is 25.6. The van der Waals surface area contributed by atoms with Crippen molar-refractivity contribution < 1.29 is 28.2 Å². The number of aromatic nitrogens is 3. The van der Waals surface area contributed by atoms with Gasteiger partial charge < -0.3 is 26.2 Å². The Balaban J connectivity index is 1.22. The number of aliphatic hydroxyl groups excluding tert-OH is 1. The predicted octanol–water partition coefficient (Wildman–Crippen LogP) is 4.34. The van der Waals surface area contributed by atoms with Crippen molar-refractivity contribution in [2.24, 2.45) is 0 Å². The number of aliphatic hydroxyl groups is 1. The van der Waals surface area contributed by atoms with E-state index in [1.165, 1.54) is 0 Å². The lowest BCUT2D eigenvalue weighted by atomic mass is 10.0. The van der Waals surface area contributed by atoms with Crippen LogP contribution in [0.15, 0.2) is 48.9 Å². The van der Waals surface area contributed by atoms with Crippen LogP contribution >= 0.6 is 11.3 Å². The Kier molecular flexibility index (Phi) is 7.38. The third-order valence-electron chi connectivity index (χ3n) is 6.73. The fourth-order valence-electron chi connectivity index (χ4n) is 4.65. The van der Waals surface area contributed by atoms with Gasteiger partial charge in [-0.25, -0.2) is 9.78 Å². The van der Waals surface area contributed by atoms with E-state index in [1.807, 2.05) is 24.3 Å². The van der Waals surface area contributed by atoms with Crippen LogP contribution in [0, 0.1) is 0 Å². The summed E-state index contributed by atoms with van der Waals surface area (Å²) in [6, 6.07) is 8.37. The second-order valence-electron chi connectivity index (χ2n) is 9.26. The maximum absolute atomic E-state index is 13.9. The number of rotatable bonds is 7. The number of nitrogens with one attached hydrogen (secondary N) is 1. The van der Waals surface area contributed by atoms with Crippen LogP contribution in [0.1, 0.15) is 39.7 Å². The smallest absolute Gasteiger partial charge is 0.417 e. The largest absolute Gasteiger partial charge is 0.477 e. The van der Waals surface area contributed by atoms with Gasteiger partial charge in [0.1, 0.15) is 15.5 Å². The average molecular weight is 559 g/mol. The molecule has 1 aliphatic heterocycles. The van der Waals surface area contributed by atoms with Gasteiger partial charge in [0.2, 0.25) is 0 Å². The number of aromatic carboxylic acids is 1. The molecule has 39 heavy (non-hydrogen) atoms. The molecule has 0 aromatic carbocycles. The number of fused-ring (bicyclic) bond motifs is 1. The van der Waals surface area contributed by atoms with Crippen molar-refractivity contribution in [1.82, 2.24) is 20.3 Å². The molecule has 5 rings (SSSR count). The quantitative estimate of drug-likeness (QED) is 0.261. The first-order valence-corrected chi connectivity index (χ1v) is 13.0. The normalized spacial score (nSPS) is 15.5. The van der Waals surface area contributed by atoms with Gasteiger partial charge in [-0.15, -0.1) is 11.3 Å². The maximum atomic E-state index is 13.9. The summed E-state index contributed by atoms with van der Waals surface area (Å²) in [5.74, 6) is -1.26. The van der Waals surface area contributed by atoms with Gasteiger partial charge in [-0.2, -0.15) is 13.2 Å². The first-order chi connectivity index (χ1) is 18.6. The standard InChI is InChI=1S/C26H25F3N6O3S/c27-26(28,29)17-10-20(34-24-21(17)22(30)23(39-24)25(37)38)35-8-5-16(6-9-35)32-13-19(36)15-3-4-18(33-12-15)14-2-1-7-31-11-14/h1-4,7,10-12,16,19,32,36H,5-6,8-9,13,30H2,(H,37,38). The number of hydrogen-bond donors (Lipinski definition) is 4. The molecule has 4 aromatic heterocycles. The molecule has 4 aromatic rings. The number of halogens is 3. The first-order valence-electron chi connectivity index (χ1n) is 12.2. The molecular formula is C26H25F3N6O3S. The van der Waals surface area contributed by atoms with Crippen molar-refractivity contribution in [2.75, 3.05) is 30.3 Å². The lowest BCUT2D eigenvalue weighted by Gasteiger charge is -2.34. The molecular weight excluding hydrogens is 533 g/mol. The zero-order chi connectivity index (χ0) is 27.7. The molecule has 5 heterocycles. The van der Waals surface area contributed by atoms with Crippen LogP contribution in [-0.4, -0.2) is 56.8 Å². The molecule has 0 radical (unpaired) electrons. The number of thiophene rings is 1. The summed E-state index contributed by atoms with van der Waals surface area (Å²) in [7, 11) is 0. The van der Waals surface area contributed by atoms with Gasteiger partial charge in [0.05, 0.1) is 23.0 Å². The molecule has 0 bridgehead atoms. The molecule has 1 fully saturated rings. The second kappa shape index (κ2) is 10.8. The molecule has 1 unspecified atom stereocenters. The van der Waals surface area contributed by atoms with Crippen LogP contribution in [0.2, 0.25) is 0 Å².